The van der Waals surface area contributed by atoms with E-state index in [1.54, 1.807) is 0 Å². The highest BCUT2D eigenvalue weighted by Crippen LogP contribution is 2.39. The van der Waals surface area contributed by atoms with Gasteiger partial charge in [0.1, 0.15) is 0 Å². The van der Waals surface area contributed by atoms with Gasteiger partial charge in [-0.15, -0.1) is 11.8 Å². The van der Waals surface area contributed by atoms with Gasteiger partial charge in [-0.25, -0.2) is 5.01 Å². The monoisotopic (exact) mass is 256 g/mol. The van der Waals surface area contributed by atoms with Crippen molar-refractivity contribution < 1.29 is 0 Å². The Morgan fingerprint density at radius 1 is 1.06 bits per heavy atom. The summed E-state index contributed by atoms with van der Waals surface area (Å²) in [5.74, 6) is 0.978. The molecule has 0 aromatic heterocycles. The van der Waals surface area contributed by atoms with E-state index in [1.165, 1.54) is 50.2 Å². The minimum atomic E-state index is 0.836. The van der Waals surface area contributed by atoms with Crippen LogP contribution in [0.4, 0.5) is 0 Å². The number of rotatable bonds is 1. The Balaban J connectivity index is 1.72. The predicted octanol–water partition coefficient (Wildman–Crippen LogP) is 3.68. The second-order valence-corrected chi connectivity index (χ2v) is 7.10. The summed E-state index contributed by atoms with van der Waals surface area (Å²) in [5, 5.41) is 6.06. The molecule has 1 saturated carbocycles. The average Bonchev–Trinajstić information content (AvgIpc) is 2.39. The van der Waals surface area contributed by atoms with Crippen molar-refractivity contribution in [2.75, 3.05) is 11.6 Å². The Morgan fingerprint density at radius 3 is 2.81 bits per heavy atom. The molecule has 0 aromatic carbocycles. The smallest absolute Gasteiger partial charge is 0.0648 e. The zero-order valence-electron chi connectivity index (χ0n) is 9.68. The van der Waals surface area contributed by atoms with Gasteiger partial charge in [0, 0.05) is 18.8 Å². The normalized spacial score (nSPS) is 36.1. The number of thioether (sulfide) groups is 1. The molecule has 2 atom stereocenters. The molecule has 0 radical (unpaired) electrons. The van der Waals surface area contributed by atoms with Crippen molar-refractivity contribution in [3.63, 3.8) is 0 Å². The standard InChI is InChI=1S/C12H20N2S2/c1-2-6-12-11(4-1)5-3-7-13(12)14-8-9-15-10-16-14/h8-9,11-12H,1-7,10H2. The molecule has 0 bridgehead atoms. The number of fused-ring (bicyclic) bond motifs is 1. The molecule has 2 heterocycles. The van der Waals surface area contributed by atoms with Crippen LogP contribution in [0.2, 0.25) is 0 Å². The third kappa shape index (κ3) is 2.24. The van der Waals surface area contributed by atoms with Crippen LogP contribution in [-0.2, 0) is 0 Å². The molecule has 1 saturated heterocycles. The third-order valence-electron chi connectivity index (χ3n) is 4.00. The molecule has 1 aliphatic carbocycles. The maximum atomic E-state index is 2.65. The molecule has 2 nitrogen and oxygen atoms in total. The fourth-order valence-corrected chi connectivity index (χ4v) is 5.03. The Morgan fingerprint density at radius 2 is 1.94 bits per heavy atom. The molecule has 3 aliphatic rings. The van der Waals surface area contributed by atoms with Gasteiger partial charge in [0.25, 0.3) is 0 Å². The topological polar surface area (TPSA) is 6.48 Å². The lowest BCUT2D eigenvalue weighted by atomic mass is 9.79. The van der Waals surface area contributed by atoms with Gasteiger partial charge in [-0.1, -0.05) is 12.8 Å². The van der Waals surface area contributed by atoms with Crippen molar-refractivity contribution in [3.8, 4) is 0 Å². The summed E-state index contributed by atoms with van der Waals surface area (Å²) in [4.78, 5) is 0. The molecule has 0 N–H and O–H groups in total. The van der Waals surface area contributed by atoms with Crippen LogP contribution >= 0.6 is 23.7 Å². The van der Waals surface area contributed by atoms with E-state index in [2.05, 4.69) is 21.0 Å². The first-order valence-corrected chi connectivity index (χ1v) is 8.41. The van der Waals surface area contributed by atoms with E-state index in [4.69, 9.17) is 0 Å². The van der Waals surface area contributed by atoms with E-state index in [0.717, 1.165) is 12.0 Å². The highest BCUT2D eigenvalue weighted by molar-refractivity contribution is 8.16. The first-order chi connectivity index (χ1) is 7.95. The molecule has 2 unspecified atom stereocenters. The van der Waals surface area contributed by atoms with Gasteiger partial charge in [0.2, 0.25) is 0 Å². The summed E-state index contributed by atoms with van der Waals surface area (Å²) >= 11 is 3.87. The average molecular weight is 256 g/mol. The van der Waals surface area contributed by atoms with Crippen molar-refractivity contribution in [2.45, 2.75) is 44.6 Å². The van der Waals surface area contributed by atoms with Crippen LogP contribution in [-0.4, -0.2) is 27.1 Å². The summed E-state index contributed by atoms with van der Waals surface area (Å²) in [5.41, 5.74) is 0. The van der Waals surface area contributed by atoms with Crippen LogP contribution in [0, 0.1) is 5.92 Å². The predicted molar refractivity (Wildman–Crippen MR) is 72.7 cm³/mol. The van der Waals surface area contributed by atoms with Gasteiger partial charge in [-0.3, -0.25) is 4.41 Å². The van der Waals surface area contributed by atoms with Crippen molar-refractivity contribution in [2.24, 2.45) is 5.92 Å². The van der Waals surface area contributed by atoms with Crippen molar-refractivity contribution >= 4 is 23.7 Å². The van der Waals surface area contributed by atoms with E-state index in [1.807, 2.05) is 23.7 Å². The van der Waals surface area contributed by atoms with Gasteiger partial charge >= 0.3 is 0 Å². The summed E-state index contributed by atoms with van der Waals surface area (Å²) in [6.45, 7) is 1.27. The number of nitrogens with zero attached hydrogens (tertiary/aromatic N) is 2. The molecule has 90 valence electrons. The second-order valence-electron chi connectivity index (χ2n) is 4.92. The minimum Gasteiger partial charge on any atom is -0.254 e. The SMILES string of the molecule is C1=CN(N2CCCC3CCCCC32)SCS1. The minimum absolute atomic E-state index is 0.836. The molecule has 0 amide bonds. The lowest BCUT2D eigenvalue weighted by Gasteiger charge is -2.48. The quantitative estimate of drug-likeness (QED) is 0.660. The third-order valence-corrected chi connectivity index (χ3v) is 5.88. The van der Waals surface area contributed by atoms with Crippen molar-refractivity contribution in [3.05, 3.63) is 11.6 Å². The van der Waals surface area contributed by atoms with E-state index in [9.17, 15) is 0 Å². The summed E-state index contributed by atoms with van der Waals surface area (Å²) in [6.07, 6.45) is 10.9. The van der Waals surface area contributed by atoms with Gasteiger partial charge in [0.05, 0.1) is 5.08 Å². The van der Waals surface area contributed by atoms with Crippen LogP contribution in [0.25, 0.3) is 0 Å². The van der Waals surface area contributed by atoms with Gasteiger partial charge < -0.3 is 0 Å². The fourth-order valence-electron chi connectivity index (χ4n) is 3.26. The number of hydrazine groups is 1. The molecule has 2 aliphatic heterocycles. The van der Waals surface area contributed by atoms with E-state index in [0.29, 0.717) is 0 Å². The molecule has 16 heavy (non-hydrogen) atoms. The van der Waals surface area contributed by atoms with Crippen LogP contribution in [0.1, 0.15) is 38.5 Å². The highest BCUT2D eigenvalue weighted by Gasteiger charge is 2.35. The molecule has 0 aromatic rings. The lowest BCUT2D eigenvalue weighted by molar-refractivity contribution is -0.0241. The van der Waals surface area contributed by atoms with Gasteiger partial charge in [-0.2, -0.15) is 0 Å². The first kappa shape index (κ1) is 11.3. The van der Waals surface area contributed by atoms with E-state index >= 15 is 0 Å². The molecule has 0 spiro atoms. The Labute approximate surface area is 107 Å². The molecular formula is C12H20N2S2. The van der Waals surface area contributed by atoms with Crippen LogP contribution in [0.5, 0.6) is 0 Å². The van der Waals surface area contributed by atoms with E-state index in [-0.39, 0.29) is 0 Å². The zero-order chi connectivity index (χ0) is 10.8. The first-order valence-electron chi connectivity index (χ1n) is 6.42. The Bertz CT molecular complexity index is 268. The Kier molecular flexibility index (Phi) is 3.70. The summed E-state index contributed by atoms with van der Waals surface area (Å²) in [7, 11) is 0. The van der Waals surface area contributed by atoms with Crippen LogP contribution in [0.15, 0.2) is 11.6 Å². The molecule has 2 fully saturated rings. The molecular weight excluding hydrogens is 236 g/mol. The van der Waals surface area contributed by atoms with Crippen molar-refractivity contribution in [1.82, 2.24) is 9.42 Å². The second kappa shape index (κ2) is 5.23. The number of piperidine rings is 1. The van der Waals surface area contributed by atoms with Crippen LogP contribution < -0.4 is 0 Å². The molecule has 3 rings (SSSR count). The fraction of sp³-hybridized carbons (Fsp3) is 0.833. The maximum absolute atomic E-state index is 2.65. The van der Waals surface area contributed by atoms with Crippen molar-refractivity contribution in [1.29, 1.82) is 0 Å². The highest BCUT2D eigenvalue weighted by atomic mass is 32.2. The van der Waals surface area contributed by atoms with Gasteiger partial charge in [-0.05, 0) is 49.0 Å². The number of hydrogen-bond donors (Lipinski definition) is 0. The van der Waals surface area contributed by atoms with E-state index < -0.39 is 0 Å². The van der Waals surface area contributed by atoms with Gasteiger partial charge in [0.15, 0.2) is 0 Å². The summed E-state index contributed by atoms with van der Waals surface area (Å²) in [6, 6.07) is 0.836. The number of hydrogen-bond acceptors (Lipinski definition) is 4. The maximum Gasteiger partial charge on any atom is 0.0648 e. The summed E-state index contributed by atoms with van der Waals surface area (Å²) < 4.78 is 2.42. The van der Waals surface area contributed by atoms with Crippen LogP contribution in [0.3, 0.4) is 0 Å². The molecule has 4 heteroatoms. The Hall–Kier alpha value is 0.200. The largest absolute Gasteiger partial charge is 0.254 e. The zero-order valence-corrected chi connectivity index (χ0v) is 11.3. The lowest BCUT2D eigenvalue weighted by Crippen LogP contribution is -2.51.